The van der Waals surface area contributed by atoms with Crippen molar-refractivity contribution in [3.8, 4) is 0 Å². The fraction of sp³-hybridized carbons (Fsp3) is 0.385. The number of nitrogens with zero attached hydrogens (tertiary/aromatic N) is 2. The van der Waals surface area contributed by atoms with E-state index in [2.05, 4.69) is 4.99 Å². The fourth-order valence-electron chi connectivity index (χ4n) is 1.53. The average molecular weight is 233 g/mol. The molecule has 4 heteroatoms. The van der Waals surface area contributed by atoms with Crippen LogP contribution in [0.1, 0.15) is 19.4 Å². The van der Waals surface area contributed by atoms with Crippen LogP contribution in [0.3, 0.4) is 0 Å². The summed E-state index contributed by atoms with van der Waals surface area (Å²) in [6, 6.07) is 9.45. The molecule has 2 N–H and O–H groups in total. The van der Waals surface area contributed by atoms with Crippen molar-refractivity contribution in [2.45, 2.75) is 13.8 Å². The van der Waals surface area contributed by atoms with Crippen LogP contribution in [0.15, 0.2) is 35.3 Å². The number of amides is 1. The second-order valence-corrected chi connectivity index (χ2v) is 3.63. The van der Waals surface area contributed by atoms with Crippen molar-refractivity contribution in [1.29, 1.82) is 0 Å². The van der Waals surface area contributed by atoms with Crippen molar-refractivity contribution in [3.05, 3.63) is 35.9 Å². The molecule has 0 unspecified atom stereocenters. The predicted molar refractivity (Wildman–Crippen MR) is 70.0 cm³/mol. The summed E-state index contributed by atoms with van der Waals surface area (Å²) >= 11 is 0. The van der Waals surface area contributed by atoms with Gasteiger partial charge in [0, 0.05) is 18.7 Å². The molecule has 0 saturated carbocycles. The van der Waals surface area contributed by atoms with Gasteiger partial charge in [0.1, 0.15) is 12.4 Å². The molecule has 0 bridgehead atoms. The number of nitrogens with two attached hydrogens (primary N) is 1. The highest BCUT2D eigenvalue weighted by molar-refractivity contribution is 5.98. The summed E-state index contributed by atoms with van der Waals surface area (Å²) in [5.74, 6) is 0.417. The maximum atomic E-state index is 11.7. The first-order valence-electron chi connectivity index (χ1n) is 5.82. The molecule has 1 aromatic carbocycles. The minimum absolute atomic E-state index is 0.00822. The molecule has 17 heavy (non-hydrogen) atoms. The first kappa shape index (κ1) is 13.2. The molecule has 92 valence electrons. The van der Waals surface area contributed by atoms with Gasteiger partial charge in [-0.05, 0) is 13.8 Å². The molecule has 0 aromatic heterocycles. The van der Waals surface area contributed by atoms with Crippen molar-refractivity contribution in [3.63, 3.8) is 0 Å². The maximum absolute atomic E-state index is 11.7. The summed E-state index contributed by atoms with van der Waals surface area (Å²) < 4.78 is 0. The molecule has 0 aliphatic carbocycles. The van der Waals surface area contributed by atoms with Crippen molar-refractivity contribution in [2.75, 3.05) is 19.6 Å². The Morgan fingerprint density at radius 2 is 1.82 bits per heavy atom. The van der Waals surface area contributed by atoms with Crippen molar-refractivity contribution in [2.24, 2.45) is 10.7 Å². The van der Waals surface area contributed by atoms with E-state index in [0.717, 1.165) is 5.56 Å². The Kier molecular flexibility index (Phi) is 5.20. The van der Waals surface area contributed by atoms with Gasteiger partial charge in [0.15, 0.2) is 0 Å². The molecular formula is C13H19N3O. The number of carbonyl (C=O) groups is 1. The van der Waals surface area contributed by atoms with Gasteiger partial charge in [-0.15, -0.1) is 0 Å². The van der Waals surface area contributed by atoms with Gasteiger partial charge in [-0.2, -0.15) is 0 Å². The normalized spacial score (nSPS) is 11.3. The summed E-state index contributed by atoms with van der Waals surface area (Å²) in [7, 11) is 0. The zero-order valence-electron chi connectivity index (χ0n) is 10.4. The number of amidine groups is 1. The van der Waals surface area contributed by atoms with Gasteiger partial charge in [-0.25, -0.2) is 0 Å². The molecule has 1 aromatic rings. The molecule has 0 heterocycles. The van der Waals surface area contributed by atoms with Gasteiger partial charge in [-0.3, -0.25) is 9.79 Å². The number of rotatable bonds is 5. The predicted octanol–water partition coefficient (Wildman–Crippen LogP) is 1.26. The van der Waals surface area contributed by atoms with E-state index < -0.39 is 0 Å². The number of carbonyl (C=O) groups excluding carboxylic acids is 1. The van der Waals surface area contributed by atoms with Crippen LogP contribution in [0, 0.1) is 0 Å². The lowest BCUT2D eigenvalue weighted by atomic mass is 10.2. The van der Waals surface area contributed by atoms with Crippen LogP contribution in [0.4, 0.5) is 0 Å². The molecule has 0 aliphatic heterocycles. The Labute approximate surface area is 102 Å². The Hall–Kier alpha value is -1.84. The Morgan fingerprint density at radius 1 is 1.24 bits per heavy atom. The highest BCUT2D eigenvalue weighted by Gasteiger charge is 2.08. The van der Waals surface area contributed by atoms with Crippen LogP contribution in [0.5, 0.6) is 0 Å². The van der Waals surface area contributed by atoms with E-state index in [0.29, 0.717) is 18.9 Å². The zero-order chi connectivity index (χ0) is 12.7. The molecule has 0 saturated heterocycles. The minimum atomic E-state index is 0.00822. The Bertz CT molecular complexity index is 383. The molecule has 1 amide bonds. The number of hydrogen-bond donors (Lipinski definition) is 1. The minimum Gasteiger partial charge on any atom is -0.383 e. The van der Waals surface area contributed by atoms with E-state index in [1.54, 1.807) is 4.90 Å². The number of aliphatic imine (C=N–C) groups is 1. The molecule has 0 spiro atoms. The largest absolute Gasteiger partial charge is 0.383 e. The van der Waals surface area contributed by atoms with Gasteiger partial charge in [0.05, 0.1) is 0 Å². The standard InChI is InChI=1S/C13H19N3O/c1-3-16(4-2)12(17)10-15-13(14)11-8-6-5-7-9-11/h5-9H,3-4,10H2,1-2H3,(H2,14,15). The lowest BCUT2D eigenvalue weighted by Gasteiger charge is -2.17. The lowest BCUT2D eigenvalue weighted by Crippen LogP contribution is -2.33. The fourth-order valence-corrected chi connectivity index (χ4v) is 1.53. The van der Waals surface area contributed by atoms with E-state index in [1.165, 1.54) is 0 Å². The second-order valence-electron chi connectivity index (χ2n) is 3.63. The summed E-state index contributed by atoms with van der Waals surface area (Å²) in [5, 5.41) is 0. The van der Waals surface area contributed by atoms with E-state index >= 15 is 0 Å². The highest BCUT2D eigenvalue weighted by Crippen LogP contribution is 1.98. The van der Waals surface area contributed by atoms with E-state index in [1.807, 2.05) is 44.2 Å². The van der Waals surface area contributed by atoms with Gasteiger partial charge in [0.2, 0.25) is 5.91 Å². The van der Waals surface area contributed by atoms with Gasteiger partial charge in [-0.1, -0.05) is 30.3 Å². The third kappa shape index (κ3) is 3.90. The van der Waals surface area contributed by atoms with Crippen LogP contribution in [-0.4, -0.2) is 36.3 Å². The van der Waals surface area contributed by atoms with Crippen LogP contribution in [0.25, 0.3) is 0 Å². The first-order valence-corrected chi connectivity index (χ1v) is 5.82. The third-order valence-corrected chi connectivity index (χ3v) is 2.57. The maximum Gasteiger partial charge on any atom is 0.244 e. The summed E-state index contributed by atoms with van der Waals surface area (Å²) in [4.78, 5) is 17.6. The SMILES string of the molecule is CCN(CC)C(=O)CN=C(N)c1ccccc1. The molecule has 0 atom stereocenters. The molecule has 0 fully saturated rings. The quantitative estimate of drug-likeness (QED) is 0.615. The molecule has 4 nitrogen and oxygen atoms in total. The second kappa shape index (κ2) is 6.68. The lowest BCUT2D eigenvalue weighted by molar-refractivity contribution is -0.129. The van der Waals surface area contributed by atoms with Crippen molar-refractivity contribution < 1.29 is 4.79 Å². The summed E-state index contributed by atoms with van der Waals surface area (Å²) in [6.07, 6.45) is 0. The molecule has 0 radical (unpaired) electrons. The van der Waals surface area contributed by atoms with Crippen LogP contribution < -0.4 is 5.73 Å². The number of hydrogen-bond acceptors (Lipinski definition) is 2. The highest BCUT2D eigenvalue weighted by atomic mass is 16.2. The molecule has 1 rings (SSSR count). The van der Waals surface area contributed by atoms with E-state index in [9.17, 15) is 4.79 Å². The van der Waals surface area contributed by atoms with Crippen LogP contribution in [0.2, 0.25) is 0 Å². The first-order chi connectivity index (χ1) is 8.19. The zero-order valence-corrected chi connectivity index (χ0v) is 10.4. The third-order valence-electron chi connectivity index (χ3n) is 2.57. The number of likely N-dealkylation sites (N-methyl/N-ethyl adjacent to an activating group) is 1. The van der Waals surface area contributed by atoms with Crippen LogP contribution >= 0.6 is 0 Å². The Morgan fingerprint density at radius 3 is 2.35 bits per heavy atom. The summed E-state index contributed by atoms with van der Waals surface area (Å²) in [6.45, 7) is 5.42. The van der Waals surface area contributed by atoms with Gasteiger partial charge >= 0.3 is 0 Å². The van der Waals surface area contributed by atoms with Crippen LogP contribution in [-0.2, 0) is 4.79 Å². The topological polar surface area (TPSA) is 58.7 Å². The summed E-state index contributed by atoms with van der Waals surface area (Å²) in [5.41, 5.74) is 6.65. The van der Waals surface area contributed by atoms with Gasteiger partial charge in [0.25, 0.3) is 0 Å². The Balaban J connectivity index is 2.62. The van der Waals surface area contributed by atoms with Crippen molar-refractivity contribution in [1.82, 2.24) is 4.90 Å². The van der Waals surface area contributed by atoms with E-state index in [4.69, 9.17) is 5.73 Å². The smallest absolute Gasteiger partial charge is 0.244 e. The monoisotopic (exact) mass is 233 g/mol. The molecular weight excluding hydrogens is 214 g/mol. The number of benzene rings is 1. The van der Waals surface area contributed by atoms with Gasteiger partial charge < -0.3 is 10.6 Å². The van der Waals surface area contributed by atoms with Crippen molar-refractivity contribution >= 4 is 11.7 Å². The van der Waals surface area contributed by atoms with E-state index in [-0.39, 0.29) is 12.5 Å². The molecule has 0 aliphatic rings. The average Bonchev–Trinajstić information content (AvgIpc) is 2.38.